The van der Waals surface area contributed by atoms with Crippen molar-refractivity contribution in [3.05, 3.63) is 131 Å². The van der Waals surface area contributed by atoms with E-state index in [4.69, 9.17) is 11.6 Å². The molecule has 9 heteroatoms. The zero-order chi connectivity index (χ0) is 30.8. The molecule has 4 aromatic rings. The maximum Gasteiger partial charge on any atom is 0.264 e. The first-order valence-corrected chi connectivity index (χ1v) is 16.0. The van der Waals surface area contributed by atoms with E-state index in [0.29, 0.717) is 17.1 Å². The number of para-hydroxylation sites is 1. The first-order valence-electron chi connectivity index (χ1n) is 14.2. The van der Waals surface area contributed by atoms with Gasteiger partial charge in [-0.1, -0.05) is 97.4 Å². The van der Waals surface area contributed by atoms with Crippen molar-refractivity contribution in [3.63, 3.8) is 0 Å². The average molecular weight is 618 g/mol. The van der Waals surface area contributed by atoms with Crippen LogP contribution in [0.25, 0.3) is 0 Å². The molecular weight excluding hydrogens is 582 g/mol. The highest BCUT2D eigenvalue weighted by molar-refractivity contribution is 7.92. The molecule has 0 radical (unpaired) electrons. The van der Waals surface area contributed by atoms with Crippen molar-refractivity contribution >= 4 is 39.1 Å². The van der Waals surface area contributed by atoms with Crippen LogP contribution < -0.4 is 9.62 Å². The van der Waals surface area contributed by atoms with Crippen molar-refractivity contribution < 1.29 is 18.0 Å². The molecule has 224 valence electrons. The summed E-state index contributed by atoms with van der Waals surface area (Å²) in [5, 5.41) is 3.58. The molecule has 7 nitrogen and oxygen atoms in total. The Morgan fingerprint density at radius 1 is 0.791 bits per heavy atom. The summed E-state index contributed by atoms with van der Waals surface area (Å²) in [6.45, 7) is 3.46. The third-order valence-electron chi connectivity index (χ3n) is 7.19. The second kappa shape index (κ2) is 14.8. The summed E-state index contributed by atoms with van der Waals surface area (Å²) in [5.74, 6) is -0.823. The molecule has 4 aromatic carbocycles. The van der Waals surface area contributed by atoms with E-state index in [-0.39, 0.29) is 29.8 Å². The molecule has 0 bridgehead atoms. The number of carbonyl (C=O) groups is 2. The van der Waals surface area contributed by atoms with Crippen LogP contribution in [0.2, 0.25) is 5.02 Å². The summed E-state index contributed by atoms with van der Waals surface area (Å²) in [5.41, 5.74) is 1.97. The SMILES string of the molecule is CC[C@H](C)NC(=O)[C@H](Cc1ccccc1)N(Cc1ccc(Cl)cc1)C(=O)CN(c1ccccc1)S(=O)(=O)c1ccccc1. The minimum atomic E-state index is -4.12. The number of anilines is 1. The van der Waals surface area contributed by atoms with E-state index in [1.165, 1.54) is 17.0 Å². The fourth-order valence-electron chi connectivity index (χ4n) is 4.62. The number of amides is 2. The third kappa shape index (κ3) is 8.46. The van der Waals surface area contributed by atoms with Gasteiger partial charge in [-0.25, -0.2) is 8.42 Å². The molecule has 0 unspecified atom stereocenters. The maximum atomic E-state index is 14.4. The number of nitrogens with one attached hydrogen (secondary N) is 1. The molecule has 1 N–H and O–H groups in total. The summed E-state index contributed by atoms with van der Waals surface area (Å²) in [6.07, 6.45) is 0.964. The van der Waals surface area contributed by atoms with Crippen LogP contribution in [0.5, 0.6) is 0 Å². The molecule has 4 rings (SSSR count). The molecule has 2 atom stereocenters. The third-order valence-corrected chi connectivity index (χ3v) is 9.23. The van der Waals surface area contributed by atoms with E-state index in [1.54, 1.807) is 72.8 Å². The summed E-state index contributed by atoms with van der Waals surface area (Å²) in [7, 11) is -4.12. The second-order valence-electron chi connectivity index (χ2n) is 10.3. The number of hydrogen-bond acceptors (Lipinski definition) is 4. The van der Waals surface area contributed by atoms with Gasteiger partial charge < -0.3 is 10.2 Å². The maximum absolute atomic E-state index is 14.4. The Hall–Kier alpha value is -4.14. The Kier molecular flexibility index (Phi) is 11.0. The number of hydrogen-bond donors (Lipinski definition) is 1. The van der Waals surface area contributed by atoms with Crippen molar-refractivity contribution in [2.45, 2.75) is 50.2 Å². The molecule has 0 fully saturated rings. The molecular formula is C34H36ClN3O4S. The highest BCUT2D eigenvalue weighted by atomic mass is 35.5. The summed E-state index contributed by atoms with van der Waals surface area (Å²) >= 11 is 6.13. The van der Waals surface area contributed by atoms with Crippen molar-refractivity contribution in [2.24, 2.45) is 0 Å². The van der Waals surface area contributed by atoms with Gasteiger partial charge in [0.2, 0.25) is 11.8 Å². The molecule has 0 aliphatic carbocycles. The Balaban J connectivity index is 1.78. The lowest BCUT2D eigenvalue weighted by atomic mass is 10.0. The van der Waals surface area contributed by atoms with E-state index in [2.05, 4.69) is 5.32 Å². The minimum absolute atomic E-state index is 0.0613. The molecule has 43 heavy (non-hydrogen) atoms. The molecule has 0 saturated heterocycles. The lowest BCUT2D eigenvalue weighted by Crippen LogP contribution is -2.54. The van der Waals surface area contributed by atoms with Crippen LogP contribution in [0.1, 0.15) is 31.4 Å². The number of sulfonamides is 1. The van der Waals surface area contributed by atoms with Crippen molar-refractivity contribution in [1.82, 2.24) is 10.2 Å². The van der Waals surface area contributed by atoms with E-state index < -0.39 is 28.5 Å². The minimum Gasteiger partial charge on any atom is -0.352 e. The molecule has 0 heterocycles. The number of rotatable bonds is 13. The van der Waals surface area contributed by atoms with Gasteiger partial charge in [-0.2, -0.15) is 0 Å². The van der Waals surface area contributed by atoms with Gasteiger partial charge in [-0.3, -0.25) is 13.9 Å². The van der Waals surface area contributed by atoms with Gasteiger partial charge >= 0.3 is 0 Å². The van der Waals surface area contributed by atoms with Gasteiger partial charge in [-0.15, -0.1) is 0 Å². The van der Waals surface area contributed by atoms with Crippen LogP contribution in [-0.4, -0.2) is 43.8 Å². The lowest BCUT2D eigenvalue weighted by Gasteiger charge is -2.34. The molecule has 0 saturated carbocycles. The Morgan fingerprint density at radius 2 is 1.35 bits per heavy atom. The van der Waals surface area contributed by atoms with Crippen LogP contribution in [0.4, 0.5) is 5.69 Å². The lowest BCUT2D eigenvalue weighted by molar-refractivity contribution is -0.140. The summed E-state index contributed by atoms with van der Waals surface area (Å²) < 4.78 is 29.0. The normalized spacial score (nSPS) is 12.6. The van der Waals surface area contributed by atoms with Crippen LogP contribution in [0, 0.1) is 0 Å². The largest absolute Gasteiger partial charge is 0.352 e. The van der Waals surface area contributed by atoms with Gasteiger partial charge in [0.05, 0.1) is 10.6 Å². The zero-order valence-electron chi connectivity index (χ0n) is 24.3. The number of carbonyl (C=O) groups excluding carboxylic acids is 2. The first-order chi connectivity index (χ1) is 20.7. The van der Waals surface area contributed by atoms with Gasteiger partial charge in [0.15, 0.2) is 0 Å². The van der Waals surface area contributed by atoms with Gasteiger partial charge in [0, 0.05) is 24.0 Å². The van der Waals surface area contributed by atoms with Gasteiger partial charge in [0.1, 0.15) is 12.6 Å². The Bertz CT molecular complexity index is 1590. The Morgan fingerprint density at radius 3 is 1.93 bits per heavy atom. The van der Waals surface area contributed by atoms with E-state index in [9.17, 15) is 18.0 Å². The van der Waals surface area contributed by atoms with Gasteiger partial charge in [0.25, 0.3) is 10.0 Å². The number of halogens is 1. The predicted molar refractivity (Wildman–Crippen MR) is 171 cm³/mol. The van der Waals surface area contributed by atoms with Crippen LogP contribution >= 0.6 is 11.6 Å². The van der Waals surface area contributed by atoms with Crippen molar-refractivity contribution in [3.8, 4) is 0 Å². The monoisotopic (exact) mass is 617 g/mol. The van der Waals surface area contributed by atoms with Crippen LogP contribution in [0.3, 0.4) is 0 Å². The van der Waals surface area contributed by atoms with Crippen LogP contribution in [-0.2, 0) is 32.6 Å². The van der Waals surface area contributed by atoms with Crippen LogP contribution in [0.15, 0.2) is 120 Å². The first kappa shape index (κ1) is 31.8. The predicted octanol–water partition coefficient (Wildman–Crippen LogP) is 6.09. The highest BCUT2D eigenvalue weighted by Gasteiger charge is 2.34. The molecule has 0 aliphatic rings. The molecule has 0 spiro atoms. The number of benzene rings is 4. The second-order valence-corrected chi connectivity index (χ2v) is 12.6. The summed E-state index contributed by atoms with van der Waals surface area (Å²) in [4.78, 5) is 29.7. The quantitative estimate of drug-likeness (QED) is 0.197. The smallest absolute Gasteiger partial charge is 0.264 e. The Labute approximate surface area is 259 Å². The highest BCUT2D eigenvalue weighted by Crippen LogP contribution is 2.25. The van der Waals surface area contributed by atoms with Crippen molar-refractivity contribution in [2.75, 3.05) is 10.8 Å². The molecule has 2 amide bonds. The fourth-order valence-corrected chi connectivity index (χ4v) is 6.19. The fraction of sp³-hybridized carbons (Fsp3) is 0.235. The zero-order valence-corrected chi connectivity index (χ0v) is 25.8. The standard InChI is InChI=1S/C34H36ClN3O4S/c1-3-26(2)36-34(40)32(23-27-13-7-4-8-14-27)37(24-28-19-21-29(35)22-20-28)33(39)25-38(30-15-9-5-10-16-30)43(41,42)31-17-11-6-12-18-31/h4-22,26,32H,3,23-25H2,1-2H3,(H,36,40)/t26-,32-/m0/s1. The summed E-state index contributed by atoms with van der Waals surface area (Å²) in [6, 6.07) is 32.0. The molecule has 0 aromatic heterocycles. The number of nitrogens with zero attached hydrogens (tertiary/aromatic N) is 2. The van der Waals surface area contributed by atoms with E-state index in [1.807, 2.05) is 44.2 Å². The van der Waals surface area contributed by atoms with Gasteiger partial charge in [-0.05, 0) is 60.9 Å². The van der Waals surface area contributed by atoms with E-state index >= 15 is 0 Å². The average Bonchev–Trinajstić information content (AvgIpc) is 3.03. The topological polar surface area (TPSA) is 86.8 Å². The van der Waals surface area contributed by atoms with Crippen molar-refractivity contribution in [1.29, 1.82) is 0 Å². The van der Waals surface area contributed by atoms with E-state index in [0.717, 1.165) is 15.4 Å². The molecule has 0 aliphatic heterocycles.